The van der Waals surface area contributed by atoms with Crippen molar-refractivity contribution in [1.82, 2.24) is 0 Å². The highest BCUT2D eigenvalue weighted by Gasteiger charge is 2.25. The van der Waals surface area contributed by atoms with Crippen molar-refractivity contribution in [3.8, 4) is 34.1 Å². The van der Waals surface area contributed by atoms with Gasteiger partial charge in [-0.3, -0.25) is 0 Å². The van der Waals surface area contributed by atoms with E-state index in [9.17, 15) is 0 Å². The molecule has 2 aromatic rings. The maximum atomic E-state index is 5.60. The lowest BCUT2D eigenvalue weighted by Crippen LogP contribution is -2.08. The Morgan fingerprint density at radius 1 is 0.591 bits per heavy atom. The van der Waals surface area contributed by atoms with E-state index in [2.05, 4.69) is 12.1 Å². The summed E-state index contributed by atoms with van der Waals surface area (Å²) in [5.74, 6) is 3.23. The largest absolute Gasteiger partial charge is 0.497 e. The lowest BCUT2D eigenvalue weighted by atomic mass is 9.84. The summed E-state index contributed by atoms with van der Waals surface area (Å²) in [5, 5.41) is 0. The van der Waals surface area contributed by atoms with Gasteiger partial charge in [-0.2, -0.15) is 0 Å². The molecule has 4 heteroatoms. The minimum Gasteiger partial charge on any atom is -0.497 e. The molecule has 0 fully saturated rings. The third-order valence-electron chi connectivity index (χ3n) is 4.14. The quantitative estimate of drug-likeness (QED) is 0.866. The molecule has 0 aliphatic heterocycles. The lowest BCUT2D eigenvalue weighted by molar-refractivity contribution is 0.389. The molecule has 0 atom stereocenters. The van der Waals surface area contributed by atoms with Gasteiger partial charge in [0.25, 0.3) is 0 Å². The molecule has 0 radical (unpaired) electrons. The second-order valence-electron chi connectivity index (χ2n) is 5.23. The van der Waals surface area contributed by atoms with Gasteiger partial charge in [0.2, 0.25) is 0 Å². The van der Waals surface area contributed by atoms with Crippen LogP contribution in [0.1, 0.15) is 11.1 Å². The number of methoxy groups -OCH3 is 4. The average Bonchev–Trinajstić information content (AvgIpc) is 2.58. The Bertz CT molecular complexity index is 611. The third-order valence-corrected chi connectivity index (χ3v) is 4.14. The number of hydrogen-bond donors (Lipinski definition) is 0. The molecule has 116 valence electrons. The Labute approximate surface area is 130 Å². The summed E-state index contributed by atoms with van der Waals surface area (Å²) in [5.41, 5.74) is 4.60. The van der Waals surface area contributed by atoms with E-state index in [1.54, 1.807) is 28.4 Å². The summed E-state index contributed by atoms with van der Waals surface area (Å²) in [7, 11) is 6.70. The number of hydrogen-bond acceptors (Lipinski definition) is 4. The molecule has 22 heavy (non-hydrogen) atoms. The van der Waals surface area contributed by atoms with Crippen molar-refractivity contribution in [2.75, 3.05) is 28.4 Å². The number of rotatable bonds is 4. The molecule has 3 rings (SSSR count). The van der Waals surface area contributed by atoms with Crippen LogP contribution in [0.3, 0.4) is 0 Å². The summed E-state index contributed by atoms with van der Waals surface area (Å²) < 4.78 is 21.9. The molecular formula is C18H20O4. The second kappa shape index (κ2) is 5.79. The van der Waals surface area contributed by atoms with E-state index < -0.39 is 0 Å². The topological polar surface area (TPSA) is 36.9 Å². The van der Waals surface area contributed by atoms with E-state index in [0.717, 1.165) is 47.0 Å². The number of fused-ring (bicyclic) bond motifs is 3. The van der Waals surface area contributed by atoms with Gasteiger partial charge in [-0.05, 0) is 36.1 Å². The average molecular weight is 300 g/mol. The van der Waals surface area contributed by atoms with Gasteiger partial charge >= 0.3 is 0 Å². The fourth-order valence-corrected chi connectivity index (χ4v) is 3.08. The van der Waals surface area contributed by atoms with Gasteiger partial charge in [0, 0.05) is 23.3 Å². The first-order chi connectivity index (χ1) is 10.7. The summed E-state index contributed by atoms with van der Waals surface area (Å²) in [6, 6.07) is 7.98. The van der Waals surface area contributed by atoms with Crippen molar-refractivity contribution in [1.29, 1.82) is 0 Å². The Balaban J connectivity index is 2.28. The van der Waals surface area contributed by atoms with Gasteiger partial charge in [0.15, 0.2) is 0 Å². The predicted octanol–water partition coefficient (Wildman–Crippen LogP) is 3.49. The zero-order chi connectivity index (χ0) is 15.7. The van der Waals surface area contributed by atoms with Gasteiger partial charge in [-0.25, -0.2) is 0 Å². The van der Waals surface area contributed by atoms with Gasteiger partial charge in [0.1, 0.15) is 23.0 Å². The van der Waals surface area contributed by atoms with Crippen LogP contribution in [-0.4, -0.2) is 28.4 Å². The zero-order valence-corrected chi connectivity index (χ0v) is 13.4. The highest BCUT2D eigenvalue weighted by atomic mass is 16.5. The first-order valence-electron chi connectivity index (χ1n) is 7.22. The highest BCUT2D eigenvalue weighted by molar-refractivity contribution is 5.84. The van der Waals surface area contributed by atoms with Crippen molar-refractivity contribution < 1.29 is 18.9 Å². The summed E-state index contributed by atoms with van der Waals surface area (Å²) in [6.45, 7) is 0. The van der Waals surface area contributed by atoms with Crippen LogP contribution in [0.2, 0.25) is 0 Å². The van der Waals surface area contributed by atoms with Crippen LogP contribution in [0.15, 0.2) is 24.3 Å². The van der Waals surface area contributed by atoms with Crippen LogP contribution < -0.4 is 18.9 Å². The minimum absolute atomic E-state index is 0.804. The van der Waals surface area contributed by atoms with Crippen LogP contribution in [0.25, 0.3) is 11.1 Å². The fraction of sp³-hybridized carbons (Fsp3) is 0.333. The molecule has 4 nitrogen and oxygen atoms in total. The van der Waals surface area contributed by atoms with E-state index in [4.69, 9.17) is 18.9 Å². The monoisotopic (exact) mass is 300 g/mol. The molecule has 1 aliphatic carbocycles. The van der Waals surface area contributed by atoms with Gasteiger partial charge in [-0.15, -0.1) is 0 Å². The predicted molar refractivity (Wildman–Crippen MR) is 85.5 cm³/mol. The van der Waals surface area contributed by atoms with E-state index in [1.165, 1.54) is 11.1 Å². The lowest BCUT2D eigenvalue weighted by Gasteiger charge is -2.25. The summed E-state index contributed by atoms with van der Waals surface area (Å²) in [6.07, 6.45) is 1.87. The van der Waals surface area contributed by atoms with E-state index in [-0.39, 0.29) is 0 Å². The second-order valence-corrected chi connectivity index (χ2v) is 5.23. The number of benzene rings is 2. The molecule has 0 N–H and O–H groups in total. The standard InChI is InChI=1S/C18H20O4/c1-19-13-7-11-5-6-12-8-14(20-2)10-16(22-4)18(12)17(11)15(9-13)21-3/h7-10H,5-6H2,1-4H3. The smallest absolute Gasteiger partial charge is 0.130 e. The maximum absolute atomic E-state index is 5.60. The van der Waals surface area contributed by atoms with Crippen molar-refractivity contribution in [2.24, 2.45) is 0 Å². The molecule has 0 heterocycles. The molecule has 0 amide bonds. The summed E-state index contributed by atoms with van der Waals surface area (Å²) >= 11 is 0. The number of aryl methyl sites for hydroxylation is 2. The van der Waals surface area contributed by atoms with Crippen LogP contribution in [0.4, 0.5) is 0 Å². The van der Waals surface area contributed by atoms with Crippen molar-refractivity contribution in [3.63, 3.8) is 0 Å². The van der Waals surface area contributed by atoms with Crippen molar-refractivity contribution >= 4 is 0 Å². The fourth-order valence-electron chi connectivity index (χ4n) is 3.08. The Morgan fingerprint density at radius 3 is 1.32 bits per heavy atom. The Morgan fingerprint density at radius 2 is 1.00 bits per heavy atom. The zero-order valence-electron chi connectivity index (χ0n) is 13.4. The molecule has 0 unspecified atom stereocenters. The highest BCUT2D eigenvalue weighted by Crippen LogP contribution is 2.47. The SMILES string of the molecule is COc1cc2c(c(OC)c1)-c1c(cc(OC)cc1OC)CC2. The van der Waals surface area contributed by atoms with Gasteiger partial charge in [-0.1, -0.05) is 0 Å². The maximum Gasteiger partial charge on any atom is 0.130 e. The van der Waals surface area contributed by atoms with E-state index in [0.29, 0.717) is 0 Å². The van der Waals surface area contributed by atoms with Crippen LogP contribution >= 0.6 is 0 Å². The number of ether oxygens (including phenoxy) is 4. The molecular weight excluding hydrogens is 280 g/mol. The van der Waals surface area contributed by atoms with Gasteiger partial charge < -0.3 is 18.9 Å². The van der Waals surface area contributed by atoms with Gasteiger partial charge in [0.05, 0.1) is 28.4 Å². The minimum atomic E-state index is 0.804. The third kappa shape index (κ3) is 2.25. The van der Waals surface area contributed by atoms with E-state index >= 15 is 0 Å². The molecule has 0 aromatic heterocycles. The first-order valence-corrected chi connectivity index (χ1v) is 7.22. The Kier molecular flexibility index (Phi) is 3.84. The van der Waals surface area contributed by atoms with E-state index in [1.807, 2.05) is 12.1 Å². The van der Waals surface area contributed by atoms with Crippen LogP contribution in [0.5, 0.6) is 23.0 Å². The van der Waals surface area contributed by atoms with Crippen LogP contribution in [-0.2, 0) is 12.8 Å². The van der Waals surface area contributed by atoms with Crippen LogP contribution in [0, 0.1) is 0 Å². The Hall–Kier alpha value is -2.36. The molecule has 1 aliphatic rings. The van der Waals surface area contributed by atoms with Crippen molar-refractivity contribution in [2.45, 2.75) is 12.8 Å². The first kappa shape index (κ1) is 14.6. The molecule has 0 bridgehead atoms. The molecule has 0 saturated carbocycles. The summed E-state index contributed by atoms with van der Waals surface area (Å²) in [4.78, 5) is 0. The van der Waals surface area contributed by atoms with Crippen molar-refractivity contribution in [3.05, 3.63) is 35.4 Å². The molecule has 2 aromatic carbocycles. The normalized spacial score (nSPS) is 12.2. The molecule has 0 saturated heterocycles. The molecule has 0 spiro atoms.